The lowest BCUT2D eigenvalue weighted by molar-refractivity contribution is -0.114. The van der Waals surface area contributed by atoms with E-state index in [1.165, 1.54) is 30.4 Å². The van der Waals surface area contributed by atoms with E-state index in [9.17, 15) is 14.0 Å². The Morgan fingerprint density at radius 2 is 1.86 bits per heavy atom. The van der Waals surface area contributed by atoms with Gasteiger partial charge in [-0.15, -0.1) is 11.3 Å². The van der Waals surface area contributed by atoms with E-state index >= 15 is 0 Å². The number of esters is 1. The molecule has 0 saturated carbocycles. The maximum absolute atomic E-state index is 13.1. The van der Waals surface area contributed by atoms with E-state index in [1.807, 2.05) is 13.8 Å². The van der Waals surface area contributed by atoms with Gasteiger partial charge < -0.3 is 14.6 Å². The smallest absolute Gasteiger partial charge is 0.341 e. The number of aromatic nitrogens is 1. The summed E-state index contributed by atoms with van der Waals surface area (Å²) in [4.78, 5) is 24.9. The first kappa shape index (κ1) is 19.8. The van der Waals surface area contributed by atoms with Crippen LogP contribution in [-0.4, -0.2) is 17.0 Å². The molecule has 0 spiro atoms. The summed E-state index contributed by atoms with van der Waals surface area (Å²) in [6.07, 6.45) is 0. The molecule has 0 aliphatic heterocycles. The van der Waals surface area contributed by atoms with Crippen molar-refractivity contribution >= 4 is 28.2 Å². The molecule has 3 aromatic rings. The molecule has 0 aliphatic rings. The Kier molecular flexibility index (Phi) is 5.60. The molecule has 0 atom stereocenters. The minimum Gasteiger partial charge on any atom is -0.455 e. The molecule has 146 valence electrons. The monoisotopic (exact) mass is 402 g/mol. The van der Waals surface area contributed by atoms with Crippen molar-refractivity contribution in [2.24, 2.45) is 0 Å². The van der Waals surface area contributed by atoms with Crippen LogP contribution in [0, 0.1) is 26.6 Å². The van der Waals surface area contributed by atoms with Crippen molar-refractivity contribution in [3.05, 3.63) is 57.3 Å². The van der Waals surface area contributed by atoms with Gasteiger partial charge in [0.1, 0.15) is 23.1 Å². The van der Waals surface area contributed by atoms with E-state index in [2.05, 4.69) is 10.5 Å². The zero-order valence-corrected chi connectivity index (χ0v) is 16.7. The molecule has 1 amide bonds. The quantitative estimate of drug-likeness (QED) is 0.621. The Hall–Kier alpha value is -3.00. The number of thiophene rings is 1. The number of carbonyl (C=O) groups is 2. The normalized spacial score (nSPS) is 10.8. The Labute approximate surface area is 165 Å². The Bertz CT molecular complexity index is 1040. The van der Waals surface area contributed by atoms with Crippen molar-refractivity contribution in [1.82, 2.24) is 5.16 Å². The number of hydrogen-bond donors (Lipinski definition) is 1. The van der Waals surface area contributed by atoms with Gasteiger partial charge in [-0.25, -0.2) is 9.18 Å². The molecule has 1 N–H and O–H groups in total. The second-order valence-corrected chi connectivity index (χ2v) is 7.56. The fraction of sp³-hybridized carbons (Fsp3) is 0.250. The molecule has 0 radical (unpaired) electrons. The number of aryl methyl sites for hydroxylation is 1. The third-order valence-electron chi connectivity index (χ3n) is 4.35. The molecule has 0 unspecified atom stereocenters. The minimum absolute atomic E-state index is 0.0802. The molecular formula is C20H19FN2O4S. The third kappa shape index (κ3) is 3.96. The second-order valence-electron chi connectivity index (χ2n) is 6.33. The molecule has 0 fully saturated rings. The molecule has 1 aromatic carbocycles. The van der Waals surface area contributed by atoms with Gasteiger partial charge in [0.05, 0.1) is 5.56 Å². The highest BCUT2D eigenvalue weighted by Gasteiger charge is 2.23. The number of rotatable bonds is 5. The summed E-state index contributed by atoms with van der Waals surface area (Å²) in [5.41, 5.74) is 2.97. The van der Waals surface area contributed by atoms with Gasteiger partial charge in [-0.05, 0) is 50.6 Å². The molecule has 2 heterocycles. The van der Waals surface area contributed by atoms with E-state index in [1.54, 1.807) is 19.1 Å². The molecule has 3 rings (SSSR count). The van der Waals surface area contributed by atoms with Crippen LogP contribution in [0.25, 0.3) is 11.3 Å². The lowest BCUT2D eigenvalue weighted by atomic mass is 10.1. The van der Waals surface area contributed by atoms with Gasteiger partial charge in [-0.1, -0.05) is 5.16 Å². The average molecular weight is 402 g/mol. The average Bonchev–Trinajstić information content (AvgIpc) is 3.13. The summed E-state index contributed by atoms with van der Waals surface area (Å²) in [6.45, 7) is 6.78. The molecule has 0 saturated heterocycles. The number of benzene rings is 1. The van der Waals surface area contributed by atoms with Crippen molar-refractivity contribution in [3.63, 3.8) is 0 Å². The topological polar surface area (TPSA) is 81.4 Å². The Balaban J connectivity index is 1.77. The van der Waals surface area contributed by atoms with Crippen molar-refractivity contribution in [2.45, 2.75) is 34.3 Å². The van der Waals surface area contributed by atoms with Crippen molar-refractivity contribution in [3.8, 4) is 11.3 Å². The summed E-state index contributed by atoms with van der Waals surface area (Å²) in [5, 5.41) is 7.10. The lowest BCUT2D eigenvalue weighted by Gasteiger charge is -2.06. The fourth-order valence-electron chi connectivity index (χ4n) is 2.70. The summed E-state index contributed by atoms with van der Waals surface area (Å²) in [6, 6.07) is 5.86. The minimum atomic E-state index is -0.545. The molecule has 6 nitrogen and oxygen atoms in total. The van der Waals surface area contributed by atoms with Crippen LogP contribution >= 0.6 is 11.3 Å². The van der Waals surface area contributed by atoms with Crippen molar-refractivity contribution in [1.29, 1.82) is 0 Å². The fourth-order valence-corrected chi connectivity index (χ4v) is 3.80. The number of amides is 1. The van der Waals surface area contributed by atoms with Crippen LogP contribution in [0.2, 0.25) is 0 Å². The number of anilines is 1. The first-order valence-corrected chi connectivity index (χ1v) is 9.35. The van der Waals surface area contributed by atoms with Gasteiger partial charge >= 0.3 is 5.97 Å². The highest BCUT2D eigenvalue weighted by Crippen LogP contribution is 2.33. The number of nitrogens with zero attached hydrogens (tertiary/aromatic N) is 1. The summed E-state index contributed by atoms with van der Waals surface area (Å²) >= 11 is 1.33. The summed E-state index contributed by atoms with van der Waals surface area (Å²) in [7, 11) is 0. The van der Waals surface area contributed by atoms with Crippen LogP contribution in [-0.2, 0) is 16.1 Å². The molecule has 2 aromatic heterocycles. The number of ether oxygens (including phenoxy) is 1. The first-order valence-electron chi connectivity index (χ1n) is 8.53. The largest absolute Gasteiger partial charge is 0.455 e. The molecular weight excluding hydrogens is 383 g/mol. The molecule has 8 heteroatoms. The first-order chi connectivity index (χ1) is 13.3. The van der Waals surface area contributed by atoms with Crippen LogP contribution in [0.1, 0.15) is 39.0 Å². The van der Waals surface area contributed by atoms with Crippen LogP contribution < -0.4 is 5.32 Å². The number of nitrogens with one attached hydrogen (secondary N) is 1. The van der Waals surface area contributed by atoms with Gasteiger partial charge in [0.15, 0.2) is 5.76 Å². The Morgan fingerprint density at radius 1 is 1.18 bits per heavy atom. The lowest BCUT2D eigenvalue weighted by Crippen LogP contribution is -2.12. The predicted molar refractivity (Wildman–Crippen MR) is 104 cm³/mol. The highest BCUT2D eigenvalue weighted by molar-refractivity contribution is 7.16. The third-order valence-corrected chi connectivity index (χ3v) is 5.47. The van der Waals surface area contributed by atoms with Crippen LogP contribution in [0.4, 0.5) is 9.39 Å². The van der Waals surface area contributed by atoms with E-state index in [0.717, 1.165) is 10.4 Å². The van der Waals surface area contributed by atoms with Crippen molar-refractivity contribution < 1.29 is 23.2 Å². The molecule has 0 aliphatic carbocycles. The maximum Gasteiger partial charge on any atom is 0.341 e. The van der Waals surface area contributed by atoms with Crippen LogP contribution in [0.5, 0.6) is 0 Å². The van der Waals surface area contributed by atoms with Gasteiger partial charge in [0, 0.05) is 22.9 Å². The van der Waals surface area contributed by atoms with E-state index in [0.29, 0.717) is 33.1 Å². The number of halogens is 1. The maximum atomic E-state index is 13.1. The van der Waals surface area contributed by atoms with E-state index < -0.39 is 5.97 Å². The van der Waals surface area contributed by atoms with Crippen LogP contribution in [0.3, 0.4) is 0 Å². The van der Waals surface area contributed by atoms with Gasteiger partial charge in [0.25, 0.3) is 0 Å². The number of hydrogen-bond acceptors (Lipinski definition) is 6. The van der Waals surface area contributed by atoms with E-state index in [-0.39, 0.29) is 18.3 Å². The SMILES string of the molecule is CC(=O)Nc1sc(C)c(C)c1C(=O)OCc1noc(-c2ccc(F)cc2)c1C. The molecule has 28 heavy (non-hydrogen) atoms. The van der Waals surface area contributed by atoms with Crippen LogP contribution in [0.15, 0.2) is 28.8 Å². The van der Waals surface area contributed by atoms with Gasteiger partial charge in [0.2, 0.25) is 5.91 Å². The van der Waals surface area contributed by atoms with Gasteiger partial charge in [-0.2, -0.15) is 0 Å². The Morgan fingerprint density at radius 3 is 2.50 bits per heavy atom. The summed E-state index contributed by atoms with van der Waals surface area (Å²) in [5.74, 6) is -0.651. The zero-order chi connectivity index (χ0) is 20.4. The predicted octanol–water partition coefficient (Wildman–Crippen LogP) is 4.78. The standard InChI is InChI=1S/C20H19FN2O4S/c1-10-12(3)28-19(22-13(4)24)17(10)20(25)26-9-16-11(2)18(27-23-16)14-5-7-15(21)8-6-14/h5-8H,9H2,1-4H3,(H,22,24). The van der Waals surface area contributed by atoms with Gasteiger partial charge in [-0.3, -0.25) is 4.79 Å². The molecule has 0 bridgehead atoms. The second kappa shape index (κ2) is 7.93. The van der Waals surface area contributed by atoms with E-state index in [4.69, 9.17) is 9.26 Å². The highest BCUT2D eigenvalue weighted by atomic mass is 32.1. The van der Waals surface area contributed by atoms with Crippen molar-refractivity contribution in [2.75, 3.05) is 5.32 Å². The zero-order valence-electron chi connectivity index (χ0n) is 15.9. The number of carbonyl (C=O) groups excluding carboxylic acids is 2. The summed E-state index contributed by atoms with van der Waals surface area (Å²) < 4.78 is 23.9.